The molecule has 1 fully saturated rings. The number of likely N-dealkylation sites (tertiary alicyclic amines) is 1. The lowest BCUT2D eigenvalue weighted by atomic mass is 9.96. The fraction of sp³-hybridized carbons (Fsp3) is 0.250. The van der Waals surface area contributed by atoms with Crippen LogP contribution in [0.3, 0.4) is 0 Å². The maximum atomic E-state index is 12.7. The van der Waals surface area contributed by atoms with E-state index in [0.29, 0.717) is 16.9 Å². The van der Waals surface area contributed by atoms with Gasteiger partial charge in [0.25, 0.3) is 11.7 Å². The maximum Gasteiger partial charge on any atom is 0.295 e. The molecule has 0 radical (unpaired) electrons. The molecule has 1 atom stereocenters. The Bertz CT molecular complexity index is 879. The molecule has 0 bridgehead atoms. The SMILES string of the molecule is COCCN1C(=O)C(=O)/C(=C(\O)c2cccc(OC)c2)[C@@H]1c1ccncc1. The molecule has 0 spiro atoms. The molecule has 0 unspecified atom stereocenters. The van der Waals surface area contributed by atoms with Crippen LogP contribution >= 0.6 is 0 Å². The van der Waals surface area contributed by atoms with Crippen LogP contribution in [0.5, 0.6) is 5.75 Å². The second-order valence-electron chi connectivity index (χ2n) is 6.00. The van der Waals surface area contributed by atoms with Crippen molar-refractivity contribution in [3.8, 4) is 5.75 Å². The van der Waals surface area contributed by atoms with Crippen LogP contribution in [0.15, 0.2) is 54.4 Å². The highest BCUT2D eigenvalue weighted by molar-refractivity contribution is 6.46. The van der Waals surface area contributed by atoms with Crippen LogP contribution in [0.1, 0.15) is 17.2 Å². The number of Topliss-reactive ketones (excluding diaryl/α,β-unsaturated/α-hetero) is 1. The molecule has 0 aliphatic carbocycles. The van der Waals surface area contributed by atoms with E-state index in [0.717, 1.165) is 0 Å². The maximum absolute atomic E-state index is 12.7. The van der Waals surface area contributed by atoms with Crippen LogP contribution < -0.4 is 4.74 Å². The van der Waals surface area contributed by atoms with Crippen LogP contribution in [-0.2, 0) is 14.3 Å². The van der Waals surface area contributed by atoms with Gasteiger partial charge in [0.05, 0.1) is 25.3 Å². The summed E-state index contributed by atoms with van der Waals surface area (Å²) >= 11 is 0. The Morgan fingerprint density at radius 1 is 1.19 bits per heavy atom. The lowest BCUT2D eigenvalue weighted by Crippen LogP contribution is -2.32. The zero-order valence-corrected chi connectivity index (χ0v) is 15.1. The van der Waals surface area contributed by atoms with Gasteiger partial charge in [0, 0.05) is 31.6 Å². The van der Waals surface area contributed by atoms with Crippen LogP contribution in [0, 0.1) is 0 Å². The summed E-state index contributed by atoms with van der Waals surface area (Å²) < 4.78 is 10.3. The van der Waals surface area contributed by atoms with Crippen molar-refractivity contribution in [2.75, 3.05) is 27.4 Å². The zero-order valence-electron chi connectivity index (χ0n) is 15.1. The largest absolute Gasteiger partial charge is 0.507 e. The van der Waals surface area contributed by atoms with Crippen molar-refractivity contribution in [1.82, 2.24) is 9.88 Å². The summed E-state index contributed by atoms with van der Waals surface area (Å²) in [6.45, 7) is 0.497. The summed E-state index contributed by atoms with van der Waals surface area (Å²) in [6, 6.07) is 9.43. The van der Waals surface area contributed by atoms with Crippen molar-refractivity contribution in [3.63, 3.8) is 0 Å². The quantitative estimate of drug-likeness (QED) is 0.477. The van der Waals surface area contributed by atoms with E-state index < -0.39 is 17.7 Å². The number of rotatable bonds is 6. The van der Waals surface area contributed by atoms with Gasteiger partial charge in [-0.25, -0.2) is 0 Å². The molecule has 1 aliphatic heterocycles. The van der Waals surface area contributed by atoms with E-state index in [2.05, 4.69) is 4.98 Å². The van der Waals surface area contributed by atoms with Crippen molar-refractivity contribution in [3.05, 3.63) is 65.5 Å². The van der Waals surface area contributed by atoms with E-state index in [9.17, 15) is 14.7 Å². The molecule has 1 aromatic carbocycles. The van der Waals surface area contributed by atoms with Crippen LogP contribution in [0.4, 0.5) is 0 Å². The molecule has 3 rings (SSSR count). The lowest BCUT2D eigenvalue weighted by molar-refractivity contribution is -0.140. The number of hydrogen-bond acceptors (Lipinski definition) is 6. The first-order valence-electron chi connectivity index (χ1n) is 8.40. The van der Waals surface area contributed by atoms with E-state index in [-0.39, 0.29) is 24.5 Å². The van der Waals surface area contributed by atoms with Crippen molar-refractivity contribution < 1.29 is 24.2 Å². The molecule has 7 heteroatoms. The van der Waals surface area contributed by atoms with Crippen LogP contribution in [-0.4, -0.2) is 54.1 Å². The van der Waals surface area contributed by atoms with Gasteiger partial charge in [-0.15, -0.1) is 0 Å². The van der Waals surface area contributed by atoms with Gasteiger partial charge < -0.3 is 19.5 Å². The number of aliphatic hydroxyl groups excluding tert-OH is 1. The number of amides is 1. The first-order chi connectivity index (χ1) is 13.1. The average molecular weight is 368 g/mol. The van der Waals surface area contributed by atoms with Gasteiger partial charge >= 0.3 is 0 Å². The third-order valence-corrected chi connectivity index (χ3v) is 4.44. The van der Waals surface area contributed by atoms with E-state index in [4.69, 9.17) is 9.47 Å². The minimum atomic E-state index is -0.728. The summed E-state index contributed by atoms with van der Waals surface area (Å²) in [4.78, 5) is 30.7. The number of nitrogens with zero attached hydrogens (tertiary/aromatic N) is 2. The van der Waals surface area contributed by atoms with E-state index >= 15 is 0 Å². The van der Waals surface area contributed by atoms with Crippen LogP contribution in [0.25, 0.3) is 5.76 Å². The Labute approximate surface area is 156 Å². The number of ketones is 1. The summed E-state index contributed by atoms with van der Waals surface area (Å²) in [7, 11) is 3.04. The van der Waals surface area contributed by atoms with Crippen molar-refractivity contribution in [1.29, 1.82) is 0 Å². The molecule has 1 N–H and O–H groups in total. The topological polar surface area (TPSA) is 89.0 Å². The predicted octanol–water partition coefficient (Wildman–Crippen LogP) is 2.16. The van der Waals surface area contributed by atoms with Gasteiger partial charge in [0.1, 0.15) is 11.5 Å². The van der Waals surface area contributed by atoms with Gasteiger partial charge in [-0.3, -0.25) is 14.6 Å². The molecule has 2 aromatic rings. The van der Waals surface area contributed by atoms with Crippen molar-refractivity contribution in [2.45, 2.75) is 6.04 Å². The van der Waals surface area contributed by atoms with E-state index in [1.54, 1.807) is 48.8 Å². The van der Waals surface area contributed by atoms with Gasteiger partial charge in [-0.1, -0.05) is 12.1 Å². The Morgan fingerprint density at radius 3 is 2.59 bits per heavy atom. The third-order valence-electron chi connectivity index (χ3n) is 4.44. The van der Waals surface area contributed by atoms with Crippen LogP contribution in [0.2, 0.25) is 0 Å². The van der Waals surface area contributed by atoms with Crippen molar-refractivity contribution in [2.24, 2.45) is 0 Å². The lowest BCUT2D eigenvalue weighted by Gasteiger charge is -2.24. The Hall–Kier alpha value is -3.19. The molecular formula is C20H20N2O5. The zero-order chi connectivity index (χ0) is 19.4. The number of methoxy groups -OCH3 is 2. The molecule has 7 nitrogen and oxygen atoms in total. The number of aliphatic hydroxyl groups is 1. The Balaban J connectivity index is 2.15. The minimum Gasteiger partial charge on any atom is -0.507 e. The molecule has 1 amide bonds. The molecule has 2 heterocycles. The second-order valence-corrected chi connectivity index (χ2v) is 6.00. The highest BCUT2D eigenvalue weighted by atomic mass is 16.5. The number of aromatic nitrogens is 1. The number of carbonyl (C=O) groups is 2. The number of pyridine rings is 1. The standard InChI is InChI=1S/C20H20N2O5/c1-26-11-10-22-17(13-6-8-21-9-7-13)16(19(24)20(22)25)18(23)14-4-3-5-15(12-14)27-2/h3-9,12,17,23H,10-11H2,1-2H3/b18-16-/t17-/m0/s1. The highest BCUT2D eigenvalue weighted by Gasteiger charge is 2.45. The van der Waals surface area contributed by atoms with Gasteiger partial charge in [-0.2, -0.15) is 0 Å². The number of benzene rings is 1. The number of hydrogen-bond donors (Lipinski definition) is 1. The minimum absolute atomic E-state index is 0.0376. The smallest absolute Gasteiger partial charge is 0.295 e. The summed E-state index contributed by atoms with van der Waals surface area (Å²) in [5.74, 6) is -1.10. The molecule has 1 aromatic heterocycles. The average Bonchev–Trinajstić information content (AvgIpc) is 2.97. The van der Waals surface area contributed by atoms with E-state index in [1.165, 1.54) is 19.1 Å². The fourth-order valence-corrected chi connectivity index (χ4v) is 3.12. The number of carbonyl (C=O) groups excluding carboxylic acids is 2. The van der Waals surface area contributed by atoms with Gasteiger partial charge in [-0.05, 0) is 29.8 Å². The first kappa shape index (κ1) is 18.6. The molecule has 0 saturated carbocycles. The third kappa shape index (κ3) is 3.54. The summed E-state index contributed by atoms with van der Waals surface area (Å²) in [6.07, 6.45) is 3.16. The molecular weight excluding hydrogens is 348 g/mol. The van der Waals surface area contributed by atoms with Gasteiger partial charge in [0.2, 0.25) is 0 Å². The summed E-state index contributed by atoms with van der Waals surface area (Å²) in [5.41, 5.74) is 1.12. The molecule has 140 valence electrons. The first-order valence-corrected chi connectivity index (χ1v) is 8.40. The molecule has 27 heavy (non-hydrogen) atoms. The Kier molecular flexibility index (Phi) is 5.52. The molecule has 1 saturated heterocycles. The highest BCUT2D eigenvalue weighted by Crippen LogP contribution is 2.39. The van der Waals surface area contributed by atoms with E-state index in [1.807, 2.05) is 0 Å². The van der Waals surface area contributed by atoms with Crippen molar-refractivity contribution >= 4 is 17.4 Å². The summed E-state index contributed by atoms with van der Waals surface area (Å²) in [5, 5.41) is 10.9. The fourth-order valence-electron chi connectivity index (χ4n) is 3.12. The predicted molar refractivity (Wildman–Crippen MR) is 98.1 cm³/mol. The Morgan fingerprint density at radius 2 is 1.93 bits per heavy atom. The van der Waals surface area contributed by atoms with Gasteiger partial charge in [0.15, 0.2) is 0 Å². The number of ether oxygens (including phenoxy) is 2. The monoisotopic (exact) mass is 368 g/mol. The normalized spacial score (nSPS) is 18.7. The second kappa shape index (κ2) is 8.01. The molecule has 1 aliphatic rings.